The van der Waals surface area contributed by atoms with Gasteiger partial charge in [-0.1, -0.05) is 13.8 Å². The van der Waals surface area contributed by atoms with E-state index in [0.717, 1.165) is 42.7 Å². The summed E-state index contributed by atoms with van der Waals surface area (Å²) in [6.07, 6.45) is 3.38. The zero-order valence-corrected chi connectivity index (χ0v) is 12.2. The molecule has 1 atom stereocenters. The Bertz CT molecular complexity index is 404. The molecule has 0 fully saturated rings. The smallest absolute Gasteiger partial charge is 0.163 e. The molecule has 19 heavy (non-hydrogen) atoms. The van der Waals surface area contributed by atoms with Crippen LogP contribution in [0.5, 0.6) is 11.5 Å². The zero-order valence-electron chi connectivity index (χ0n) is 12.2. The first kappa shape index (κ1) is 14.0. The minimum absolute atomic E-state index is 0.479. The molecule has 0 amide bonds. The van der Waals surface area contributed by atoms with Gasteiger partial charge < -0.3 is 14.8 Å². The van der Waals surface area contributed by atoms with E-state index in [1.54, 1.807) is 0 Å². The largest absolute Gasteiger partial charge is 0.490 e. The van der Waals surface area contributed by atoms with Gasteiger partial charge >= 0.3 is 0 Å². The van der Waals surface area contributed by atoms with Gasteiger partial charge in [0.1, 0.15) is 0 Å². The van der Waals surface area contributed by atoms with E-state index >= 15 is 0 Å². The average Bonchev–Trinajstić information content (AvgIpc) is 2.61. The predicted octanol–water partition coefficient (Wildman–Crippen LogP) is 4.08. The van der Waals surface area contributed by atoms with Crippen molar-refractivity contribution in [3.05, 3.63) is 18.2 Å². The van der Waals surface area contributed by atoms with Gasteiger partial charge in [-0.25, -0.2) is 0 Å². The number of hydrogen-bond acceptors (Lipinski definition) is 3. The molecule has 0 aliphatic carbocycles. The Morgan fingerprint density at radius 1 is 1.05 bits per heavy atom. The lowest BCUT2D eigenvalue weighted by Gasteiger charge is -2.17. The summed E-state index contributed by atoms with van der Waals surface area (Å²) >= 11 is 0. The highest BCUT2D eigenvalue weighted by Gasteiger charge is 2.11. The van der Waals surface area contributed by atoms with Crippen LogP contribution in [-0.2, 0) is 0 Å². The molecule has 3 nitrogen and oxygen atoms in total. The van der Waals surface area contributed by atoms with Crippen LogP contribution in [0.4, 0.5) is 5.69 Å². The molecule has 2 rings (SSSR count). The van der Waals surface area contributed by atoms with Crippen LogP contribution in [-0.4, -0.2) is 19.3 Å². The molecule has 1 aromatic rings. The Labute approximate surface area is 116 Å². The highest BCUT2D eigenvalue weighted by molar-refractivity contribution is 5.55. The number of benzene rings is 1. The fourth-order valence-electron chi connectivity index (χ4n) is 2.19. The van der Waals surface area contributed by atoms with Gasteiger partial charge in [0.2, 0.25) is 0 Å². The molecule has 1 heterocycles. The molecule has 1 aromatic carbocycles. The lowest BCUT2D eigenvalue weighted by Crippen LogP contribution is -2.15. The van der Waals surface area contributed by atoms with E-state index in [1.807, 2.05) is 12.1 Å². The first-order chi connectivity index (χ1) is 9.15. The summed E-state index contributed by atoms with van der Waals surface area (Å²) in [6, 6.07) is 6.59. The fourth-order valence-corrected chi connectivity index (χ4v) is 2.19. The number of hydrogen-bond donors (Lipinski definition) is 1. The minimum atomic E-state index is 0.479. The van der Waals surface area contributed by atoms with Gasteiger partial charge in [-0.15, -0.1) is 0 Å². The van der Waals surface area contributed by atoms with Crippen molar-refractivity contribution in [2.75, 3.05) is 18.5 Å². The maximum absolute atomic E-state index is 5.70. The Balaban J connectivity index is 1.95. The summed E-state index contributed by atoms with van der Waals surface area (Å²) in [4.78, 5) is 0. The van der Waals surface area contributed by atoms with Crippen molar-refractivity contribution in [2.24, 2.45) is 5.92 Å². The van der Waals surface area contributed by atoms with Crippen LogP contribution >= 0.6 is 0 Å². The normalized spacial score (nSPS) is 16.0. The summed E-state index contributed by atoms with van der Waals surface area (Å²) < 4.78 is 11.3. The van der Waals surface area contributed by atoms with E-state index in [4.69, 9.17) is 9.47 Å². The molecule has 0 radical (unpaired) electrons. The number of anilines is 1. The van der Waals surface area contributed by atoms with E-state index in [1.165, 1.54) is 12.8 Å². The molecule has 1 aliphatic rings. The molecular formula is C16H25NO2. The molecule has 0 spiro atoms. The predicted molar refractivity (Wildman–Crippen MR) is 79.2 cm³/mol. The van der Waals surface area contributed by atoms with E-state index in [2.05, 4.69) is 32.2 Å². The lowest BCUT2D eigenvalue weighted by molar-refractivity contribution is 0.297. The van der Waals surface area contributed by atoms with Crippen LogP contribution in [0.25, 0.3) is 0 Å². The SMILES string of the molecule is CC(C)CCC(C)Nc1ccc2c(c1)OCCCO2. The third-order valence-corrected chi connectivity index (χ3v) is 3.34. The van der Waals surface area contributed by atoms with Crippen molar-refractivity contribution in [2.45, 2.75) is 46.1 Å². The summed E-state index contributed by atoms with van der Waals surface area (Å²) in [5.74, 6) is 2.48. The van der Waals surface area contributed by atoms with Crippen molar-refractivity contribution >= 4 is 5.69 Å². The van der Waals surface area contributed by atoms with Gasteiger partial charge in [-0.2, -0.15) is 0 Å². The van der Waals surface area contributed by atoms with Crippen molar-refractivity contribution in [3.63, 3.8) is 0 Å². The van der Waals surface area contributed by atoms with Crippen molar-refractivity contribution in [1.29, 1.82) is 0 Å². The summed E-state index contributed by atoms with van der Waals surface area (Å²) in [7, 11) is 0. The quantitative estimate of drug-likeness (QED) is 0.868. The Hall–Kier alpha value is -1.38. The maximum atomic E-state index is 5.70. The van der Waals surface area contributed by atoms with Gasteiger partial charge in [0, 0.05) is 24.2 Å². The van der Waals surface area contributed by atoms with Crippen molar-refractivity contribution in [1.82, 2.24) is 0 Å². The minimum Gasteiger partial charge on any atom is -0.490 e. The highest BCUT2D eigenvalue weighted by atomic mass is 16.5. The topological polar surface area (TPSA) is 30.5 Å². The number of fused-ring (bicyclic) bond motifs is 1. The van der Waals surface area contributed by atoms with E-state index in [9.17, 15) is 0 Å². The molecular weight excluding hydrogens is 238 g/mol. The molecule has 0 saturated heterocycles. The number of ether oxygens (including phenoxy) is 2. The van der Waals surface area contributed by atoms with Gasteiger partial charge in [0.25, 0.3) is 0 Å². The van der Waals surface area contributed by atoms with Crippen LogP contribution in [0.1, 0.15) is 40.0 Å². The molecule has 1 aliphatic heterocycles. The summed E-state index contributed by atoms with van der Waals surface area (Å²) in [5.41, 5.74) is 1.11. The average molecular weight is 263 g/mol. The Morgan fingerprint density at radius 3 is 2.53 bits per heavy atom. The van der Waals surface area contributed by atoms with Crippen LogP contribution in [0.2, 0.25) is 0 Å². The second kappa shape index (κ2) is 6.69. The van der Waals surface area contributed by atoms with Gasteiger partial charge in [0.05, 0.1) is 13.2 Å². The van der Waals surface area contributed by atoms with Crippen LogP contribution in [0.15, 0.2) is 18.2 Å². The molecule has 106 valence electrons. The summed E-state index contributed by atoms with van der Waals surface area (Å²) in [6.45, 7) is 8.23. The maximum Gasteiger partial charge on any atom is 0.163 e. The van der Waals surface area contributed by atoms with E-state index < -0.39 is 0 Å². The van der Waals surface area contributed by atoms with Crippen LogP contribution in [0, 0.1) is 5.92 Å². The molecule has 0 bridgehead atoms. The van der Waals surface area contributed by atoms with E-state index in [0.29, 0.717) is 6.04 Å². The monoisotopic (exact) mass is 263 g/mol. The van der Waals surface area contributed by atoms with Gasteiger partial charge in [-0.3, -0.25) is 0 Å². The van der Waals surface area contributed by atoms with Crippen molar-refractivity contribution < 1.29 is 9.47 Å². The van der Waals surface area contributed by atoms with Crippen molar-refractivity contribution in [3.8, 4) is 11.5 Å². The van der Waals surface area contributed by atoms with E-state index in [-0.39, 0.29) is 0 Å². The molecule has 0 aromatic heterocycles. The number of rotatable bonds is 5. The number of nitrogens with one attached hydrogen (secondary N) is 1. The first-order valence-corrected chi connectivity index (χ1v) is 7.31. The standard InChI is InChI=1S/C16H25NO2/c1-12(2)5-6-13(3)17-14-7-8-15-16(11-14)19-10-4-9-18-15/h7-8,11-13,17H,4-6,9-10H2,1-3H3. The fraction of sp³-hybridized carbons (Fsp3) is 0.625. The van der Waals surface area contributed by atoms with Gasteiger partial charge in [-0.05, 0) is 37.8 Å². The molecule has 1 unspecified atom stereocenters. The third kappa shape index (κ3) is 4.34. The first-order valence-electron chi connectivity index (χ1n) is 7.31. The van der Waals surface area contributed by atoms with Gasteiger partial charge in [0.15, 0.2) is 11.5 Å². The zero-order chi connectivity index (χ0) is 13.7. The third-order valence-electron chi connectivity index (χ3n) is 3.34. The Kier molecular flexibility index (Phi) is 4.94. The lowest BCUT2D eigenvalue weighted by atomic mass is 10.0. The summed E-state index contributed by atoms with van der Waals surface area (Å²) in [5, 5.41) is 3.53. The molecule has 0 saturated carbocycles. The highest BCUT2D eigenvalue weighted by Crippen LogP contribution is 2.32. The molecule has 3 heteroatoms. The Morgan fingerprint density at radius 2 is 1.79 bits per heavy atom. The molecule has 1 N–H and O–H groups in total. The second-order valence-corrected chi connectivity index (χ2v) is 5.73. The van der Waals surface area contributed by atoms with Crippen LogP contribution < -0.4 is 14.8 Å². The second-order valence-electron chi connectivity index (χ2n) is 5.73. The van der Waals surface area contributed by atoms with Crippen LogP contribution in [0.3, 0.4) is 0 Å².